The Balaban J connectivity index is 3.33. The molecule has 1 rings (SSSR count). The molecule has 0 radical (unpaired) electrons. The maximum Gasteiger partial charge on any atom is 0.252 e. The lowest BCUT2D eigenvalue weighted by Crippen LogP contribution is -2.47. The molecule has 8 N–H and O–H groups in total. The van der Waals surface area contributed by atoms with E-state index in [1.807, 2.05) is 0 Å². The molecule has 0 aromatic heterocycles. The van der Waals surface area contributed by atoms with E-state index in [1.165, 1.54) is 18.2 Å². The minimum absolute atomic E-state index is 0.0805. The van der Waals surface area contributed by atoms with Crippen LogP contribution in [0.3, 0.4) is 0 Å². The molecule has 0 fully saturated rings. The van der Waals surface area contributed by atoms with Crippen LogP contribution in [-0.4, -0.2) is 45.5 Å². The van der Waals surface area contributed by atoms with E-state index < -0.39 is 29.4 Å². The molecule has 8 heteroatoms. The molecule has 2 amide bonds. The summed E-state index contributed by atoms with van der Waals surface area (Å²) in [5.74, 6) is 7.87. The number of carbonyl (C=O) groups is 2. The summed E-state index contributed by atoms with van der Waals surface area (Å²) in [4.78, 5) is 23.9. The topological polar surface area (TPSA) is 159 Å². The maximum absolute atomic E-state index is 12.1. The molecule has 0 spiro atoms. The molecule has 0 unspecified atom stereocenters. The molecule has 0 saturated heterocycles. The summed E-state index contributed by atoms with van der Waals surface area (Å²) < 4.78 is 0. The van der Waals surface area contributed by atoms with Crippen LogP contribution < -0.4 is 16.9 Å². The SMILES string of the molecule is CC(C)(N)[C@@H](C(=O)NO)c1cc(C#CC#CC[C@H](O)CO)ccc1C(N)=O. The van der Waals surface area contributed by atoms with Gasteiger partial charge in [0.1, 0.15) is 0 Å². The lowest BCUT2D eigenvalue weighted by molar-refractivity contribution is -0.132. The Hall–Kier alpha value is -2.88. The zero-order valence-electron chi connectivity index (χ0n) is 15.1. The van der Waals surface area contributed by atoms with Gasteiger partial charge in [-0.3, -0.25) is 14.8 Å². The summed E-state index contributed by atoms with van der Waals surface area (Å²) in [6, 6.07) is 4.46. The second-order valence-electron chi connectivity index (χ2n) is 6.49. The summed E-state index contributed by atoms with van der Waals surface area (Å²) in [6.45, 7) is 2.77. The van der Waals surface area contributed by atoms with Crippen molar-refractivity contribution >= 4 is 11.8 Å². The summed E-state index contributed by atoms with van der Waals surface area (Å²) in [5.41, 5.74) is 12.7. The van der Waals surface area contributed by atoms with Gasteiger partial charge in [-0.25, -0.2) is 5.48 Å². The van der Waals surface area contributed by atoms with Crippen molar-refractivity contribution in [3.63, 3.8) is 0 Å². The second kappa shape index (κ2) is 9.72. The quantitative estimate of drug-likeness (QED) is 0.218. The minimum Gasteiger partial charge on any atom is -0.394 e. The fraction of sp³-hybridized carbons (Fsp3) is 0.368. The van der Waals surface area contributed by atoms with E-state index in [0.717, 1.165) is 0 Å². The van der Waals surface area contributed by atoms with Gasteiger partial charge in [-0.2, -0.15) is 0 Å². The standard InChI is InChI=1S/C19H23N3O5/c1-19(2,21)16(18(26)22-27)15-10-12(8-9-14(15)17(20)25)6-4-3-5-7-13(24)11-23/h8-10,13,16,23-24,27H,7,11,21H2,1-2H3,(H2,20,25)(H,22,26)/t13-,16+/m0/s1. The average molecular weight is 373 g/mol. The number of benzene rings is 1. The summed E-state index contributed by atoms with van der Waals surface area (Å²) in [6.07, 6.45) is -0.845. The number of hydrogen-bond donors (Lipinski definition) is 6. The molecule has 0 heterocycles. The van der Waals surface area contributed by atoms with E-state index in [9.17, 15) is 14.7 Å². The third-order valence-corrected chi connectivity index (χ3v) is 3.65. The largest absolute Gasteiger partial charge is 0.394 e. The minimum atomic E-state index is -1.11. The Bertz CT molecular complexity index is 822. The fourth-order valence-corrected chi connectivity index (χ4v) is 2.43. The molecule has 2 atom stereocenters. The van der Waals surface area contributed by atoms with E-state index >= 15 is 0 Å². The highest BCUT2D eigenvalue weighted by Crippen LogP contribution is 2.30. The Kier molecular flexibility index (Phi) is 7.98. The molecule has 27 heavy (non-hydrogen) atoms. The number of nitrogens with one attached hydrogen (secondary N) is 1. The van der Waals surface area contributed by atoms with Crippen molar-refractivity contribution in [2.24, 2.45) is 11.5 Å². The third kappa shape index (κ3) is 6.41. The Morgan fingerprint density at radius 1 is 1.30 bits per heavy atom. The number of hydrogen-bond acceptors (Lipinski definition) is 6. The van der Waals surface area contributed by atoms with Crippen LogP contribution in [-0.2, 0) is 4.79 Å². The third-order valence-electron chi connectivity index (χ3n) is 3.65. The van der Waals surface area contributed by atoms with Crippen molar-refractivity contribution in [1.29, 1.82) is 0 Å². The van der Waals surface area contributed by atoms with Crippen molar-refractivity contribution in [2.45, 2.75) is 37.8 Å². The predicted molar refractivity (Wildman–Crippen MR) is 98.3 cm³/mol. The highest BCUT2D eigenvalue weighted by atomic mass is 16.5. The van der Waals surface area contributed by atoms with Gasteiger partial charge in [-0.05, 0) is 49.5 Å². The highest BCUT2D eigenvalue weighted by Gasteiger charge is 2.35. The smallest absolute Gasteiger partial charge is 0.252 e. The Morgan fingerprint density at radius 3 is 2.48 bits per heavy atom. The first kappa shape index (κ1) is 22.2. The van der Waals surface area contributed by atoms with Crippen LogP contribution in [0.15, 0.2) is 18.2 Å². The molecule has 0 aliphatic heterocycles. The van der Waals surface area contributed by atoms with Crippen molar-refractivity contribution in [3.05, 3.63) is 34.9 Å². The van der Waals surface area contributed by atoms with Gasteiger partial charge in [0, 0.05) is 23.1 Å². The van der Waals surface area contributed by atoms with Crippen LogP contribution >= 0.6 is 0 Å². The number of primary amides is 1. The number of hydroxylamine groups is 1. The molecule has 8 nitrogen and oxygen atoms in total. The number of nitrogens with two attached hydrogens (primary N) is 2. The maximum atomic E-state index is 12.1. The van der Waals surface area contributed by atoms with E-state index in [4.69, 9.17) is 21.8 Å². The number of carbonyl (C=O) groups excluding carboxylic acids is 2. The normalized spacial score (nSPS) is 12.7. The van der Waals surface area contributed by atoms with Gasteiger partial charge < -0.3 is 21.7 Å². The van der Waals surface area contributed by atoms with Crippen LogP contribution in [0, 0.1) is 23.7 Å². The molecule has 1 aromatic rings. The Morgan fingerprint density at radius 2 is 1.96 bits per heavy atom. The summed E-state index contributed by atoms with van der Waals surface area (Å²) in [5, 5.41) is 26.9. The van der Waals surface area contributed by atoms with Gasteiger partial charge >= 0.3 is 0 Å². The van der Waals surface area contributed by atoms with Gasteiger partial charge in [-0.15, -0.1) is 0 Å². The van der Waals surface area contributed by atoms with E-state index in [1.54, 1.807) is 19.3 Å². The van der Waals surface area contributed by atoms with Crippen LogP contribution in [0.2, 0.25) is 0 Å². The summed E-state index contributed by atoms with van der Waals surface area (Å²) >= 11 is 0. The summed E-state index contributed by atoms with van der Waals surface area (Å²) in [7, 11) is 0. The van der Waals surface area contributed by atoms with Gasteiger partial charge in [0.2, 0.25) is 5.91 Å². The van der Waals surface area contributed by atoms with Gasteiger partial charge in [0.25, 0.3) is 5.91 Å². The predicted octanol–water partition coefficient (Wildman–Crippen LogP) is -0.790. The molecule has 0 aliphatic carbocycles. The van der Waals surface area contributed by atoms with E-state index in [0.29, 0.717) is 5.56 Å². The average Bonchev–Trinajstić information content (AvgIpc) is 2.59. The van der Waals surface area contributed by atoms with Crippen molar-refractivity contribution < 1.29 is 25.0 Å². The lowest BCUT2D eigenvalue weighted by Gasteiger charge is -2.30. The van der Waals surface area contributed by atoms with Crippen molar-refractivity contribution in [3.8, 4) is 23.7 Å². The van der Waals surface area contributed by atoms with Crippen molar-refractivity contribution in [1.82, 2.24) is 5.48 Å². The molecule has 0 aliphatic rings. The molecule has 1 aromatic carbocycles. The van der Waals surface area contributed by atoms with Crippen LogP contribution in [0.1, 0.15) is 47.7 Å². The fourth-order valence-electron chi connectivity index (χ4n) is 2.43. The van der Waals surface area contributed by atoms with E-state index in [-0.39, 0.29) is 24.2 Å². The van der Waals surface area contributed by atoms with Crippen LogP contribution in [0.25, 0.3) is 0 Å². The number of amides is 2. The Labute approximate surface area is 157 Å². The number of rotatable bonds is 6. The lowest BCUT2D eigenvalue weighted by atomic mass is 9.79. The number of aliphatic hydroxyl groups is 2. The zero-order valence-corrected chi connectivity index (χ0v) is 15.1. The van der Waals surface area contributed by atoms with Gasteiger partial charge in [0.05, 0.1) is 18.6 Å². The van der Waals surface area contributed by atoms with Crippen LogP contribution in [0.5, 0.6) is 0 Å². The zero-order chi connectivity index (χ0) is 20.6. The molecule has 0 bridgehead atoms. The first-order valence-corrected chi connectivity index (χ1v) is 8.06. The first-order valence-electron chi connectivity index (χ1n) is 8.06. The van der Waals surface area contributed by atoms with Crippen LogP contribution in [0.4, 0.5) is 0 Å². The highest BCUT2D eigenvalue weighted by molar-refractivity contribution is 5.97. The second-order valence-corrected chi connectivity index (χ2v) is 6.49. The molecule has 144 valence electrons. The van der Waals surface area contributed by atoms with Gasteiger partial charge in [0.15, 0.2) is 0 Å². The van der Waals surface area contributed by atoms with Gasteiger partial charge in [-0.1, -0.05) is 11.8 Å². The molecular formula is C19H23N3O5. The van der Waals surface area contributed by atoms with Crippen molar-refractivity contribution in [2.75, 3.05) is 6.61 Å². The monoisotopic (exact) mass is 373 g/mol. The molecular weight excluding hydrogens is 350 g/mol. The van der Waals surface area contributed by atoms with E-state index in [2.05, 4.69) is 23.7 Å². The molecule has 0 saturated carbocycles. The number of aliphatic hydroxyl groups excluding tert-OH is 2. The first-order chi connectivity index (χ1) is 12.6.